The minimum Gasteiger partial charge on any atom is -0.480 e. The van der Waals surface area contributed by atoms with Crippen molar-refractivity contribution >= 4 is 16.0 Å². The van der Waals surface area contributed by atoms with E-state index in [9.17, 15) is 18.3 Å². The third-order valence-electron chi connectivity index (χ3n) is 3.65. The number of benzene rings is 1. The van der Waals surface area contributed by atoms with Gasteiger partial charge in [0.1, 0.15) is 0 Å². The van der Waals surface area contributed by atoms with Crippen molar-refractivity contribution < 1.29 is 18.3 Å². The summed E-state index contributed by atoms with van der Waals surface area (Å²) in [5.74, 6) is -1.18. The van der Waals surface area contributed by atoms with Crippen LogP contribution >= 0.6 is 0 Å². The maximum Gasteiger partial charge on any atom is 0.329 e. The van der Waals surface area contributed by atoms with E-state index < -0.39 is 26.3 Å². The summed E-state index contributed by atoms with van der Waals surface area (Å²) in [4.78, 5) is 12.0. The van der Waals surface area contributed by atoms with E-state index in [2.05, 4.69) is 4.72 Å². The summed E-state index contributed by atoms with van der Waals surface area (Å²) >= 11 is 0. The number of hydrogen-bond acceptors (Lipinski definition) is 3. The lowest BCUT2D eigenvalue weighted by Crippen LogP contribution is -2.55. The van der Waals surface area contributed by atoms with Crippen LogP contribution in [0.1, 0.15) is 52.5 Å². The molecule has 0 saturated heterocycles. The molecule has 0 radical (unpaired) electrons. The summed E-state index contributed by atoms with van der Waals surface area (Å²) in [6.45, 7) is 6.59. The molecule has 1 aromatic rings. The standard InChI is InChI=1S/C16H25NO4S/c1-5-6-12-16(14(18)19,13-10-8-7-9-11-13)17-22(20,21)15(2,3)4/h7-11,17H,5-6,12H2,1-4H3,(H,18,19)/t16-/m1/s1. The minimum absolute atomic E-state index is 0.207. The smallest absolute Gasteiger partial charge is 0.329 e. The molecule has 1 atom stereocenters. The molecule has 0 saturated carbocycles. The minimum atomic E-state index is -3.81. The van der Waals surface area contributed by atoms with E-state index in [1.165, 1.54) is 0 Å². The quantitative estimate of drug-likeness (QED) is 0.806. The summed E-state index contributed by atoms with van der Waals surface area (Å²) in [6, 6.07) is 8.49. The number of nitrogens with one attached hydrogen (secondary N) is 1. The highest BCUT2D eigenvalue weighted by atomic mass is 32.2. The van der Waals surface area contributed by atoms with E-state index >= 15 is 0 Å². The molecule has 5 nitrogen and oxygen atoms in total. The predicted octanol–water partition coefficient (Wildman–Crippen LogP) is 2.87. The zero-order valence-corrected chi connectivity index (χ0v) is 14.4. The van der Waals surface area contributed by atoms with Crippen LogP contribution in [-0.2, 0) is 20.4 Å². The number of rotatable bonds is 7. The van der Waals surface area contributed by atoms with Crippen LogP contribution in [0.3, 0.4) is 0 Å². The van der Waals surface area contributed by atoms with Gasteiger partial charge < -0.3 is 5.11 Å². The Morgan fingerprint density at radius 3 is 2.14 bits per heavy atom. The fraction of sp³-hybridized carbons (Fsp3) is 0.562. The lowest BCUT2D eigenvalue weighted by molar-refractivity contribution is -0.145. The maximum absolute atomic E-state index is 12.5. The summed E-state index contributed by atoms with van der Waals surface area (Å²) in [6.07, 6.45) is 1.59. The Labute approximate surface area is 132 Å². The Morgan fingerprint density at radius 2 is 1.73 bits per heavy atom. The van der Waals surface area contributed by atoms with Gasteiger partial charge in [-0.1, -0.05) is 50.1 Å². The number of sulfonamides is 1. The third-order valence-corrected chi connectivity index (χ3v) is 5.88. The van der Waals surface area contributed by atoms with Gasteiger partial charge in [0.25, 0.3) is 0 Å². The van der Waals surface area contributed by atoms with E-state index in [-0.39, 0.29) is 6.42 Å². The molecule has 0 spiro atoms. The highest BCUT2D eigenvalue weighted by Gasteiger charge is 2.46. The predicted molar refractivity (Wildman–Crippen MR) is 87.1 cm³/mol. The van der Waals surface area contributed by atoms with Gasteiger partial charge in [-0.2, -0.15) is 4.72 Å². The van der Waals surface area contributed by atoms with E-state index in [0.29, 0.717) is 12.0 Å². The zero-order chi connectivity index (χ0) is 17.0. The molecule has 0 fully saturated rings. The highest BCUT2D eigenvalue weighted by molar-refractivity contribution is 7.90. The summed E-state index contributed by atoms with van der Waals surface area (Å²) in [5, 5.41) is 9.81. The second-order valence-electron chi connectivity index (χ2n) is 6.40. The van der Waals surface area contributed by atoms with Gasteiger partial charge in [-0.05, 0) is 32.8 Å². The second-order valence-corrected chi connectivity index (χ2v) is 8.83. The van der Waals surface area contributed by atoms with Crippen molar-refractivity contribution in [3.8, 4) is 0 Å². The molecule has 1 aromatic carbocycles. The van der Waals surface area contributed by atoms with Crippen LogP contribution in [0, 0.1) is 0 Å². The fourth-order valence-electron chi connectivity index (χ4n) is 2.08. The molecule has 0 bridgehead atoms. The molecule has 0 aromatic heterocycles. The summed E-state index contributed by atoms with van der Waals surface area (Å²) in [7, 11) is -3.81. The van der Waals surface area contributed by atoms with Crippen LogP contribution in [0.2, 0.25) is 0 Å². The lowest BCUT2D eigenvalue weighted by Gasteiger charge is -2.34. The van der Waals surface area contributed by atoms with Gasteiger partial charge in [-0.15, -0.1) is 0 Å². The van der Waals surface area contributed by atoms with Crippen molar-refractivity contribution in [3.05, 3.63) is 35.9 Å². The van der Waals surface area contributed by atoms with Crippen LogP contribution < -0.4 is 4.72 Å². The number of carboxylic acids is 1. The molecule has 0 aliphatic rings. The van der Waals surface area contributed by atoms with Crippen molar-refractivity contribution in [1.82, 2.24) is 4.72 Å². The molecule has 22 heavy (non-hydrogen) atoms. The molecule has 0 aliphatic carbocycles. The molecule has 0 unspecified atom stereocenters. The number of hydrogen-bond donors (Lipinski definition) is 2. The van der Waals surface area contributed by atoms with Gasteiger partial charge in [-0.25, -0.2) is 13.2 Å². The zero-order valence-electron chi connectivity index (χ0n) is 13.6. The molecule has 124 valence electrons. The molecule has 0 aliphatic heterocycles. The number of carboxylic acid groups (broad SMARTS) is 1. The van der Waals surface area contributed by atoms with Crippen LogP contribution in [0.15, 0.2) is 30.3 Å². The molecule has 2 N–H and O–H groups in total. The molecule has 6 heteroatoms. The van der Waals surface area contributed by atoms with Crippen molar-refractivity contribution in [2.75, 3.05) is 0 Å². The van der Waals surface area contributed by atoms with Crippen LogP contribution in [-0.4, -0.2) is 24.2 Å². The Bertz CT molecular complexity index is 605. The van der Waals surface area contributed by atoms with Crippen molar-refractivity contribution in [1.29, 1.82) is 0 Å². The van der Waals surface area contributed by atoms with Crippen molar-refractivity contribution in [2.24, 2.45) is 0 Å². The fourth-order valence-corrected chi connectivity index (χ4v) is 3.15. The van der Waals surface area contributed by atoms with Crippen LogP contribution in [0.25, 0.3) is 0 Å². The Hall–Kier alpha value is -1.40. The van der Waals surface area contributed by atoms with E-state index in [1.54, 1.807) is 51.1 Å². The maximum atomic E-state index is 12.5. The van der Waals surface area contributed by atoms with Crippen LogP contribution in [0.4, 0.5) is 0 Å². The first kappa shape index (κ1) is 18.6. The molecule has 1 rings (SSSR count). The molecular weight excluding hydrogens is 302 g/mol. The lowest BCUT2D eigenvalue weighted by atomic mass is 9.86. The first-order chi connectivity index (χ1) is 10.1. The van der Waals surface area contributed by atoms with Crippen molar-refractivity contribution in [3.63, 3.8) is 0 Å². The van der Waals surface area contributed by atoms with Gasteiger partial charge in [0.15, 0.2) is 5.54 Å². The Kier molecular flexibility index (Phi) is 5.76. The van der Waals surface area contributed by atoms with Gasteiger partial charge in [0.05, 0.1) is 4.75 Å². The van der Waals surface area contributed by atoms with Crippen LogP contribution in [0.5, 0.6) is 0 Å². The number of carbonyl (C=O) groups is 1. The first-order valence-electron chi connectivity index (χ1n) is 7.39. The number of unbranched alkanes of at least 4 members (excludes halogenated alkanes) is 1. The normalized spacial score (nSPS) is 15.3. The second kappa shape index (κ2) is 6.79. The van der Waals surface area contributed by atoms with E-state index in [4.69, 9.17) is 0 Å². The van der Waals surface area contributed by atoms with Gasteiger partial charge in [0, 0.05) is 0 Å². The van der Waals surface area contributed by atoms with Gasteiger partial charge in [0.2, 0.25) is 10.0 Å². The monoisotopic (exact) mass is 327 g/mol. The molecule has 0 amide bonds. The van der Waals surface area contributed by atoms with Gasteiger partial charge in [-0.3, -0.25) is 0 Å². The average molecular weight is 327 g/mol. The highest BCUT2D eigenvalue weighted by Crippen LogP contribution is 2.31. The topological polar surface area (TPSA) is 83.5 Å². The summed E-state index contributed by atoms with van der Waals surface area (Å²) in [5.41, 5.74) is -1.19. The van der Waals surface area contributed by atoms with Crippen molar-refractivity contribution in [2.45, 2.75) is 57.2 Å². The summed E-state index contributed by atoms with van der Waals surface area (Å²) < 4.78 is 26.4. The van der Waals surface area contributed by atoms with Gasteiger partial charge >= 0.3 is 5.97 Å². The van der Waals surface area contributed by atoms with E-state index in [1.807, 2.05) is 6.92 Å². The first-order valence-corrected chi connectivity index (χ1v) is 8.87. The molecule has 0 heterocycles. The average Bonchev–Trinajstić information content (AvgIpc) is 2.42. The largest absolute Gasteiger partial charge is 0.480 e. The van der Waals surface area contributed by atoms with E-state index in [0.717, 1.165) is 6.42 Å². The molecular formula is C16H25NO4S. The SMILES string of the molecule is CCCC[C@](NS(=O)(=O)C(C)(C)C)(C(=O)O)c1ccccc1. The number of aliphatic carboxylic acids is 1. The Morgan fingerprint density at radius 1 is 1.18 bits per heavy atom. The third kappa shape index (κ3) is 3.87. The Balaban J connectivity index is 3.42.